The van der Waals surface area contributed by atoms with Gasteiger partial charge in [0.1, 0.15) is 12.7 Å². The van der Waals surface area contributed by atoms with Crippen LogP contribution in [-0.2, 0) is 4.79 Å². The minimum Gasteiger partial charge on any atom is -0.347 e. The molecular formula is C15H21N5O. The van der Waals surface area contributed by atoms with Crippen LogP contribution >= 0.6 is 0 Å². The van der Waals surface area contributed by atoms with E-state index in [9.17, 15) is 4.79 Å². The highest BCUT2D eigenvalue weighted by Crippen LogP contribution is 2.17. The summed E-state index contributed by atoms with van der Waals surface area (Å²) in [4.78, 5) is 13.5. The lowest BCUT2D eigenvalue weighted by Crippen LogP contribution is -2.42. The van der Waals surface area contributed by atoms with Crippen molar-refractivity contribution in [2.45, 2.75) is 25.9 Å². The average molecular weight is 287 g/mol. The Bertz CT molecular complexity index is 594. The van der Waals surface area contributed by atoms with Gasteiger partial charge < -0.3 is 4.90 Å². The minimum atomic E-state index is -0.228. The van der Waals surface area contributed by atoms with Gasteiger partial charge in [0.15, 0.2) is 0 Å². The Kier molecular flexibility index (Phi) is 4.70. The molecule has 2 rings (SSSR count). The first kappa shape index (κ1) is 15.2. The Morgan fingerprint density at radius 1 is 1.24 bits per heavy atom. The largest absolute Gasteiger partial charge is 0.347 e. The van der Waals surface area contributed by atoms with Crippen LogP contribution in [0.4, 0.5) is 0 Å². The Labute approximate surface area is 124 Å². The molecule has 1 unspecified atom stereocenters. The molecule has 1 amide bonds. The number of aromatic nitrogens is 3. The summed E-state index contributed by atoms with van der Waals surface area (Å²) in [5, 5.41) is 10.9. The van der Waals surface area contributed by atoms with E-state index in [-0.39, 0.29) is 18.0 Å². The van der Waals surface area contributed by atoms with E-state index < -0.39 is 0 Å². The number of carbonyl (C=O) groups excluding carboxylic acids is 1. The van der Waals surface area contributed by atoms with E-state index in [1.165, 1.54) is 0 Å². The molecule has 0 spiro atoms. The molecule has 6 nitrogen and oxygen atoms in total. The maximum Gasteiger partial charge on any atom is 0.238 e. The van der Waals surface area contributed by atoms with Gasteiger partial charge in [0.2, 0.25) is 5.91 Å². The Morgan fingerprint density at radius 2 is 1.90 bits per heavy atom. The molecule has 0 aliphatic carbocycles. The fraction of sp³-hybridized carbons (Fsp3) is 0.400. The maximum atomic E-state index is 11.9. The number of nitrogens with zero attached hydrogens (tertiary/aromatic N) is 4. The molecule has 0 radical (unpaired) electrons. The minimum absolute atomic E-state index is 0.0665. The van der Waals surface area contributed by atoms with E-state index in [4.69, 9.17) is 0 Å². The summed E-state index contributed by atoms with van der Waals surface area (Å²) in [7, 11) is 3.52. The van der Waals surface area contributed by atoms with Gasteiger partial charge in [-0.3, -0.25) is 14.7 Å². The smallest absolute Gasteiger partial charge is 0.238 e. The Morgan fingerprint density at radius 3 is 2.52 bits per heavy atom. The molecule has 6 heteroatoms. The van der Waals surface area contributed by atoms with Crippen LogP contribution in [0.2, 0.25) is 0 Å². The van der Waals surface area contributed by atoms with Gasteiger partial charge in [-0.15, -0.1) is 10.2 Å². The van der Waals surface area contributed by atoms with Gasteiger partial charge in [0.05, 0.1) is 6.04 Å². The molecule has 0 aliphatic rings. The normalized spacial score (nSPS) is 13.7. The van der Waals surface area contributed by atoms with E-state index in [2.05, 4.69) is 21.6 Å². The van der Waals surface area contributed by atoms with Gasteiger partial charge >= 0.3 is 0 Å². The van der Waals surface area contributed by atoms with Crippen LogP contribution in [0.5, 0.6) is 0 Å². The van der Waals surface area contributed by atoms with Crippen molar-refractivity contribution in [2.75, 3.05) is 14.1 Å². The third kappa shape index (κ3) is 3.66. The van der Waals surface area contributed by atoms with E-state index >= 15 is 0 Å². The van der Waals surface area contributed by atoms with Gasteiger partial charge in [0.25, 0.3) is 0 Å². The standard InChI is InChI=1S/C15H21N5O/c1-11(18-12(2)15(21)19(3)4)13-6-5-7-14(8-13)20-9-16-17-10-20/h5-12,18H,1-4H3/t11?,12-/m0/s1. The first-order chi connectivity index (χ1) is 9.99. The van der Waals surface area contributed by atoms with Gasteiger partial charge in [-0.1, -0.05) is 12.1 Å². The SMILES string of the molecule is CC(N[C@@H](C)C(=O)N(C)C)c1cccc(-n2cnnc2)c1. The first-order valence-electron chi connectivity index (χ1n) is 6.91. The zero-order chi connectivity index (χ0) is 15.4. The van der Waals surface area contributed by atoms with Crippen LogP contribution in [0, 0.1) is 0 Å². The van der Waals surface area contributed by atoms with Crippen LogP contribution in [0.1, 0.15) is 25.5 Å². The van der Waals surface area contributed by atoms with Crippen molar-refractivity contribution in [1.82, 2.24) is 25.0 Å². The third-order valence-electron chi connectivity index (χ3n) is 3.40. The molecule has 2 aromatic rings. The van der Waals surface area contributed by atoms with E-state index in [1.54, 1.807) is 31.6 Å². The van der Waals surface area contributed by atoms with Gasteiger partial charge in [-0.05, 0) is 31.5 Å². The number of likely N-dealkylation sites (N-methyl/N-ethyl adjacent to an activating group) is 1. The van der Waals surface area contributed by atoms with Crippen molar-refractivity contribution in [3.63, 3.8) is 0 Å². The molecule has 1 aromatic heterocycles. The molecular weight excluding hydrogens is 266 g/mol. The maximum absolute atomic E-state index is 11.9. The number of carbonyl (C=O) groups is 1. The highest BCUT2D eigenvalue weighted by molar-refractivity contribution is 5.80. The number of amides is 1. The first-order valence-corrected chi connectivity index (χ1v) is 6.91. The molecule has 0 bridgehead atoms. The summed E-state index contributed by atoms with van der Waals surface area (Å²) < 4.78 is 1.85. The van der Waals surface area contributed by atoms with Crippen molar-refractivity contribution < 1.29 is 4.79 Å². The summed E-state index contributed by atoms with van der Waals surface area (Å²) in [6.45, 7) is 3.92. The predicted octanol–water partition coefficient (Wildman–Crippen LogP) is 1.39. The third-order valence-corrected chi connectivity index (χ3v) is 3.40. The average Bonchev–Trinajstić information content (AvgIpc) is 3.00. The lowest BCUT2D eigenvalue weighted by Gasteiger charge is -2.22. The van der Waals surface area contributed by atoms with Crippen molar-refractivity contribution in [1.29, 1.82) is 0 Å². The molecule has 0 saturated carbocycles. The van der Waals surface area contributed by atoms with Crippen molar-refractivity contribution in [3.05, 3.63) is 42.5 Å². The van der Waals surface area contributed by atoms with Gasteiger partial charge in [-0.2, -0.15) is 0 Å². The summed E-state index contributed by atoms with van der Waals surface area (Å²) >= 11 is 0. The van der Waals surface area contributed by atoms with Gasteiger partial charge in [-0.25, -0.2) is 0 Å². The lowest BCUT2D eigenvalue weighted by molar-refractivity contribution is -0.130. The number of hydrogen-bond donors (Lipinski definition) is 1. The van der Waals surface area contributed by atoms with Crippen LogP contribution in [0.25, 0.3) is 5.69 Å². The summed E-state index contributed by atoms with van der Waals surface area (Å²) in [6.07, 6.45) is 3.32. The quantitative estimate of drug-likeness (QED) is 0.903. The van der Waals surface area contributed by atoms with Crippen LogP contribution in [0.15, 0.2) is 36.9 Å². The second kappa shape index (κ2) is 6.49. The number of benzene rings is 1. The van der Waals surface area contributed by atoms with Gasteiger partial charge in [0, 0.05) is 25.8 Å². The molecule has 0 fully saturated rings. The fourth-order valence-corrected chi connectivity index (χ4v) is 2.22. The fourth-order valence-electron chi connectivity index (χ4n) is 2.22. The van der Waals surface area contributed by atoms with Crippen LogP contribution in [-0.4, -0.2) is 45.7 Å². The molecule has 1 aromatic carbocycles. The van der Waals surface area contributed by atoms with Crippen molar-refractivity contribution in [2.24, 2.45) is 0 Å². The predicted molar refractivity (Wildman–Crippen MR) is 81.1 cm³/mol. The number of rotatable bonds is 5. The second-order valence-corrected chi connectivity index (χ2v) is 5.31. The molecule has 1 N–H and O–H groups in total. The molecule has 2 atom stereocenters. The molecule has 21 heavy (non-hydrogen) atoms. The van der Waals surface area contributed by atoms with E-state index in [0.29, 0.717) is 0 Å². The number of hydrogen-bond acceptors (Lipinski definition) is 4. The Hall–Kier alpha value is -2.21. The van der Waals surface area contributed by atoms with E-state index in [0.717, 1.165) is 11.3 Å². The highest BCUT2D eigenvalue weighted by atomic mass is 16.2. The number of nitrogens with one attached hydrogen (secondary N) is 1. The lowest BCUT2D eigenvalue weighted by atomic mass is 10.1. The Balaban J connectivity index is 2.11. The molecule has 1 heterocycles. The molecule has 112 valence electrons. The molecule has 0 saturated heterocycles. The second-order valence-electron chi connectivity index (χ2n) is 5.31. The summed E-state index contributed by atoms with van der Waals surface area (Å²) in [6, 6.07) is 7.93. The van der Waals surface area contributed by atoms with Crippen LogP contribution < -0.4 is 5.32 Å². The summed E-state index contributed by atoms with van der Waals surface area (Å²) in [5.74, 6) is 0.0665. The van der Waals surface area contributed by atoms with E-state index in [1.807, 2.05) is 36.6 Å². The summed E-state index contributed by atoms with van der Waals surface area (Å²) in [5.41, 5.74) is 2.11. The zero-order valence-corrected chi connectivity index (χ0v) is 12.8. The molecule has 0 aliphatic heterocycles. The topological polar surface area (TPSA) is 63.1 Å². The van der Waals surface area contributed by atoms with Crippen LogP contribution in [0.3, 0.4) is 0 Å². The van der Waals surface area contributed by atoms with Crippen molar-refractivity contribution in [3.8, 4) is 5.69 Å². The monoisotopic (exact) mass is 287 g/mol. The van der Waals surface area contributed by atoms with Crippen molar-refractivity contribution >= 4 is 5.91 Å². The highest BCUT2D eigenvalue weighted by Gasteiger charge is 2.17. The zero-order valence-electron chi connectivity index (χ0n) is 12.8.